The second-order valence-corrected chi connectivity index (χ2v) is 0.519. The summed E-state index contributed by atoms with van der Waals surface area (Å²) >= 11 is 0.639. The van der Waals surface area contributed by atoms with Crippen molar-refractivity contribution in [1.29, 1.82) is 0 Å². The molecule has 5 heteroatoms. The van der Waals surface area contributed by atoms with Gasteiger partial charge in [-0.05, 0) is 0 Å². The summed E-state index contributed by atoms with van der Waals surface area (Å²) in [5.74, 6) is -0.833. The first kappa shape index (κ1) is 15.8. The summed E-state index contributed by atoms with van der Waals surface area (Å²) in [5, 5.41) is 7.42. The molecule has 0 aliphatic heterocycles. The van der Waals surface area contributed by atoms with Gasteiger partial charge in [-0.2, -0.15) is 0 Å². The van der Waals surface area contributed by atoms with Gasteiger partial charge in [0.1, 0.15) is 0 Å². The summed E-state index contributed by atoms with van der Waals surface area (Å²) in [6, 6.07) is 0. The predicted octanol–water partition coefficient (Wildman–Crippen LogP) is 0.129. The first-order chi connectivity index (χ1) is 2.73. The molecular formula is C2H5ClHgO2Pb. The molecule has 38 valence electrons. The second-order valence-electron chi connectivity index (χ2n) is 0.519. The maximum Gasteiger partial charge on any atom is 0 e. The normalized spacial score (nSPS) is 4.43. The van der Waals surface area contributed by atoms with E-state index in [2.05, 4.69) is 0 Å². The SMILES string of the molecule is CC(=O)O.[Cl][PbH].[Hg]. The number of hydrogen-bond donors (Lipinski definition) is 1. The summed E-state index contributed by atoms with van der Waals surface area (Å²) in [4.78, 5) is 9.00. The van der Waals surface area contributed by atoms with Gasteiger partial charge in [0.05, 0.1) is 0 Å². The number of rotatable bonds is 0. The van der Waals surface area contributed by atoms with Crippen molar-refractivity contribution in [2.75, 3.05) is 0 Å². The molecule has 2 radical (unpaired) electrons. The van der Waals surface area contributed by atoms with Gasteiger partial charge in [0.25, 0.3) is 5.97 Å². The summed E-state index contributed by atoms with van der Waals surface area (Å²) < 4.78 is 0. The molecule has 0 bridgehead atoms. The average molecular weight is 504 g/mol. The third kappa shape index (κ3) is 91.9. The third-order valence-corrected chi connectivity index (χ3v) is 0. The number of halogens is 1. The Labute approximate surface area is 82.3 Å². The minimum absolute atomic E-state index is 0. The van der Waals surface area contributed by atoms with Crippen LogP contribution in [-0.2, 0) is 32.5 Å². The molecule has 0 atom stereocenters. The molecule has 0 saturated carbocycles. The standard InChI is InChI=1S/C2H4O2.ClH.Hg.Pb.H/c1-2(3)4;;;;/h1H3,(H,3,4);1H;;;/q;;;+1;/p-1. The maximum atomic E-state index is 9.00. The minimum atomic E-state index is -0.833. The van der Waals surface area contributed by atoms with Crippen LogP contribution >= 0.6 is 8.32 Å². The van der Waals surface area contributed by atoms with Crippen LogP contribution in [-0.4, -0.2) is 35.6 Å². The maximum absolute atomic E-state index is 9.00. The fraction of sp³-hybridized carbons (Fsp3) is 0.500. The fourth-order valence-corrected chi connectivity index (χ4v) is 0. The van der Waals surface area contributed by atoms with Crippen LogP contribution in [0.4, 0.5) is 0 Å². The van der Waals surface area contributed by atoms with Crippen molar-refractivity contribution >= 4 is 38.8 Å². The molecule has 0 aromatic rings. The van der Waals surface area contributed by atoms with Gasteiger partial charge >= 0.3 is 32.9 Å². The summed E-state index contributed by atoms with van der Waals surface area (Å²) in [5.41, 5.74) is 0. The van der Waals surface area contributed by atoms with E-state index >= 15 is 0 Å². The molecule has 2 nitrogen and oxygen atoms in total. The van der Waals surface area contributed by atoms with Crippen molar-refractivity contribution in [2.24, 2.45) is 0 Å². The van der Waals surface area contributed by atoms with Crippen molar-refractivity contribution in [3.63, 3.8) is 0 Å². The van der Waals surface area contributed by atoms with Crippen LogP contribution in [0, 0.1) is 0 Å². The predicted molar refractivity (Wildman–Crippen MR) is 26.3 cm³/mol. The molecule has 7 heavy (non-hydrogen) atoms. The number of carbonyl (C=O) groups is 1. The number of aliphatic carboxylic acids is 1. The molecule has 0 amide bonds. The monoisotopic (exact) mass is 506 g/mol. The Morgan fingerprint density at radius 2 is 1.71 bits per heavy atom. The molecule has 0 heterocycles. The van der Waals surface area contributed by atoms with Crippen LogP contribution in [0.25, 0.3) is 0 Å². The largest absolute Gasteiger partial charge is 0 e. The Bertz CT molecular complexity index is 38.7. The van der Waals surface area contributed by atoms with Crippen LogP contribution in [0.2, 0.25) is 0 Å². The Hall–Kier alpha value is 1.62. The zero-order valence-electron chi connectivity index (χ0n) is 4.02. The molecule has 0 aliphatic carbocycles. The Balaban J connectivity index is -0.0000000480. The molecule has 0 rings (SSSR count). The fourth-order valence-electron chi connectivity index (χ4n) is 0. The zero-order chi connectivity index (χ0) is 5.58. The quantitative estimate of drug-likeness (QED) is 0.477. The summed E-state index contributed by atoms with van der Waals surface area (Å²) in [6.45, 7) is 1.08. The van der Waals surface area contributed by atoms with Crippen LogP contribution in [0.3, 0.4) is 0 Å². The van der Waals surface area contributed by atoms with Crippen LogP contribution < -0.4 is 0 Å². The Kier molecular flexibility index (Phi) is 35.4. The van der Waals surface area contributed by atoms with E-state index in [4.69, 9.17) is 18.2 Å². The topological polar surface area (TPSA) is 37.3 Å². The molecule has 0 aliphatic rings. The molecule has 0 aromatic heterocycles. The molecule has 0 saturated heterocycles. The van der Waals surface area contributed by atoms with Gasteiger partial charge in [-0.15, -0.1) is 0 Å². The van der Waals surface area contributed by atoms with E-state index in [0.29, 0.717) is 24.5 Å². The van der Waals surface area contributed by atoms with Crippen molar-refractivity contribution in [1.82, 2.24) is 0 Å². The molecular weight excluding hydrogens is 499 g/mol. The van der Waals surface area contributed by atoms with Crippen molar-refractivity contribution in [2.45, 2.75) is 6.92 Å². The van der Waals surface area contributed by atoms with E-state index in [0.717, 1.165) is 6.92 Å². The van der Waals surface area contributed by atoms with Crippen LogP contribution in [0.15, 0.2) is 0 Å². The number of carboxylic acid groups (broad SMARTS) is 1. The van der Waals surface area contributed by atoms with Crippen molar-refractivity contribution in [3.05, 3.63) is 0 Å². The first-order valence-corrected chi connectivity index (χ1v) is 6.67. The van der Waals surface area contributed by atoms with Gasteiger partial charge in [-0.25, -0.2) is 0 Å². The Morgan fingerprint density at radius 1 is 1.71 bits per heavy atom. The Morgan fingerprint density at radius 3 is 1.71 bits per heavy atom. The van der Waals surface area contributed by atoms with E-state index in [1.807, 2.05) is 0 Å². The number of carboxylic acids is 1. The minimum Gasteiger partial charge on any atom is 0 e. The third-order valence-electron chi connectivity index (χ3n) is 0. The average Bonchev–Trinajstić information content (AvgIpc) is 1.41. The summed E-state index contributed by atoms with van der Waals surface area (Å²) in [7, 11) is 4.81. The van der Waals surface area contributed by atoms with E-state index in [1.165, 1.54) is 0 Å². The van der Waals surface area contributed by atoms with Gasteiger partial charge in [0.2, 0.25) is 0 Å². The smallest absolute Gasteiger partial charge is 0 e. The molecule has 1 N–H and O–H groups in total. The van der Waals surface area contributed by atoms with Gasteiger partial charge in [-0.1, -0.05) is 0 Å². The zero-order valence-corrected chi connectivity index (χ0v) is 14.8. The van der Waals surface area contributed by atoms with Crippen LogP contribution in [0.1, 0.15) is 6.92 Å². The second kappa shape index (κ2) is 15.6. The van der Waals surface area contributed by atoms with E-state index in [-0.39, 0.29) is 27.7 Å². The number of hydrogen-bond acceptors (Lipinski definition) is 1. The van der Waals surface area contributed by atoms with Gasteiger partial charge in [-0.3, -0.25) is 4.79 Å². The van der Waals surface area contributed by atoms with Gasteiger partial charge in [0.15, 0.2) is 0 Å². The van der Waals surface area contributed by atoms with Crippen molar-refractivity contribution in [3.8, 4) is 0 Å². The van der Waals surface area contributed by atoms with E-state index < -0.39 is 5.97 Å². The van der Waals surface area contributed by atoms with Gasteiger partial charge < -0.3 is 5.11 Å². The summed E-state index contributed by atoms with van der Waals surface area (Å²) in [6.07, 6.45) is 0. The molecule has 0 unspecified atom stereocenters. The molecule has 0 aromatic carbocycles. The first-order valence-electron chi connectivity index (χ1n) is 1.15. The molecule has 0 spiro atoms. The van der Waals surface area contributed by atoms with Crippen molar-refractivity contribution < 1.29 is 37.6 Å². The van der Waals surface area contributed by atoms with Gasteiger partial charge in [0, 0.05) is 34.6 Å². The van der Waals surface area contributed by atoms with Crippen LogP contribution in [0.5, 0.6) is 0 Å². The van der Waals surface area contributed by atoms with E-state index in [1.54, 1.807) is 0 Å². The van der Waals surface area contributed by atoms with E-state index in [9.17, 15) is 0 Å². The molecule has 0 fully saturated rings.